The summed E-state index contributed by atoms with van der Waals surface area (Å²) < 4.78 is 16.9. The molecule has 0 fully saturated rings. The molecule has 0 saturated carbocycles. The number of allylic oxidation sites excluding steroid dienone is 6. The van der Waals surface area contributed by atoms with Crippen LogP contribution in [0.4, 0.5) is 0 Å². The Kier molecular flexibility index (Phi) is 65.1. The molecule has 6 heteroatoms. The van der Waals surface area contributed by atoms with E-state index in [0.717, 1.165) is 70.6 Å². The molecule has 458 valence electrons. The van der Waals surface area contributed by atoms with Gasteiger partial charge < -0.3 is 14.2 Å². The fraction of sp³-hybridized carbons (Fsp3) is 0.875. The number of rotatable bonds is 65. The van der Waals surface area contributed by atoms with Crippen LogP contribution >= 0.6 is 0 Å². The van der Waals surface area contributed by atoms with Crippen LogP contribution < -0.4 is 0 Å². The van der Waals surface area contributed by atoms with E-state index in [4.69, 9.17) is 14.2 Å². The highest BCUT2D eigenvalue weighted by Gasteiger charge is 2.19. The molecule has 0 aliphatic heterocycles. The standard InChI is InChI=1S/C72H134O6/c1-4-7-10-13-16-19-22-24-26-28-29-30-31-32-33-34-35-36-37-38-39-40-41-42-43-45-46-48-50-53-56-59-62-65-71(74)77-68-69(67-76-70(73)64-61-58-55-52-21-18-15-12-9-6-3)78-72(75)66-63-60-57-54-51-49-47-44-27-25-23-20-17-14-11-8-5-2/h12,15,25,27-29,69H,4-11,13-14,16-24,26,30-68H2,1-3H3/b15-12-,27-25-,29-28-. The van der Waals surface area contributed by atoms with Gasteiger partial charge in [0, 0.05) is 19.3 Å². The zero-order valence-electron chi connectivity index (χ0n) is 52.7. The van der Waals surface area contributed by atoms with Crippen molar-refractivity contribution in [2.45, 2.75) is 393 Å². The van der Waals surface area contributed by atoms with Gasteiger partial charge in [0.15, 0.2) is 6.10 Å². The summed E-state index contributed by atoms with van der Waals surface area (Å²) in [7, 11) is 0. The molecule has 0 rings (SSSR count). The molecule has 0 aromatic rings. The number of hydrogen-bond donors (Lipinski definition) is 0. The third-order valence-corrected chi connectivity index (χ3v) is 15.8. The molecule has 0 aliphatic carbocycles. The smallest absolute Gasteiger partial charge is 0.306 e. The van der Waals surface area contributed by atoms with E-state index in [-0.39, 0.29) is 31.1 Å². The highest BCUT2D eigenvalue weighted by molar-refractivity contribution is 5.71. The lowest BCUT2D eigenvalue weighted by Gasteiger charge is -2.18. The Bertz CT molecular complexity index is 1300. The minimum atomic E-state index is -0.775. The van der Waals surface area contributed by atoms with Gasteiger partial charge in [-0.3, -0.25) is 14.4 Å². The molecule has 0 radical (unpaired) electrons. The van der Waals surface area contributed by atoms with Crippen molar-refractivity contribution < 1.29 is 28.6 Å². The average Bonchev–Trinajstić information content (AvgIpc) is 3.44. The van der Waals surface area contributed by atoms with Crippen molar-refractivity contribution in [3.63, 3.8) is 0 Å². The van der Waals surface area contributed by atoms with E-state index in [9.17, 15) is 14.4 Å². The fourth-order valence-corrected chi connectivity index (χ4v) is 10.6. The number of hydrogen-bond acceptors (Lipinski definition) is 6. The Labute approximate surface area is 486 Å². The van der Waals surface area contributed by atoms with Crippen molar-refractivity contribution in [3.8, 4) is 0 Å². The van der Waals surface area contributed by atoms with Gasteiger partial charge in [0.25, 0.3) is 0 Å². The maximum atomic E-state index is 12.9. The highest BCUT2D eigenvalue weighted by Crippen LogP contribution is 2.18. The quantitative estimate of drug-likeness (QED) is 0.0261. The minimum absolute atomic E-state index is 0.0723. The summed E-state index contributed by atoms with van der Waals surface area (Å²) in [5.74, 6) is -0.865. The van der Waals surface area contributed by atoms with E-state index in [1.165, 1.54) is 276 Å². The highest BCUT2D eigenvalue weighted by atomic mass is 16.6. The molecule has 78 heavy (non-hydrogen) atoms. The Morgan fingerprint density at radius 2 is 0.449 bits per heavy atom. The summed E-state index contributed by atoms with van der Waals surface area (Å²) >= 11 is 0. The first kappa shape index (κ1) is 75.6. The van der Waals surface area contributed by atoms with E-state index in [1.807, 2.05) is 0 Å². The molecule has 6 nitrogen and oxygen atoms in total. The van der Waals surface area contributed by atoms with Crippen LogP contribution in [0, 0.1) is 0 Å². The topological polar surface area (TPSA) is 78.9 Å². The van der Waals surface area contributed by atoms with Crippen molar-refractivity contribution in [3.05, 3.63) is 36.5 Å². The minimum Gasteiger partial charge on any atom is -0.462 e. The number of esters is 3. The third-order valence-electron chi connectivity index (χ3n) is 15.8. The largest absolute Gasteiger partial charge is 0.462 e. The van der Waals surface area contributed by atoms with Gasteiger partial charge in [0.1, 0.15) is 13.2 Å². The molecule has 0 aromatic carbocycles. The Hall–Kier alpha value is -2.37. The molecule has 0 spiro atoms. The molecule has 0 saturated heterocycles. The van der Waals surface area contributed by atoms with Crippen LogP contribution in [0.5, 0.6) is 0 Å². The lowest BCUT2D eigenvalue weighted by atomic mass is 10.0. The molecule has 0 bridgehead atoms. The fourth-order valence-electron chi connectivity index (χ4n) is 10.6. The number of ether oxygens (including phenoxy) is 3. The molecule has 0 aromatic heterocycles. The summed E-state index contributed by atoms with van der Waals surface area (Å²) in [6.45, 7) is 6.62. The van der Waals surface area contributed by atoms with Gasteiger partial charge in [-0.1, -0.05) is 314 Å². The predicted octanol–water partition coefficient (Wildman–Crippen LogP) is 23.9. The van der Waals surface area contributed by atoms with Crippen LogP contribution in [-0.2, 0) is 28.6 Å². The van der Waals surface area contributed by atoms with Crippen molar-refractivity contribution in [1.29, 1.82) is 0 Å². The maximum Gasteiger partial charge on any atom is 0.306 e. The van der Waals surface area contributed by atoms with Crippen molar-refractivity contribution in [2.75, 3.05) is 13.2 Å². The van der Waals surface area contributed by atoms with E-state index >= 15 is 0 Å². The lowest BCUT2D eigenvalue weighted by Crippen LogP contribution is -2.30. The van der Waals surface area contributed by atoms with Crippen LogP contribution in [0.25, 0.3) is 0 Å². The van der Waals surface area contributed by atoms with E-state index in [0.29, 0.717) is 19.3 Å². The molecule has 1 atom stereocenters. The Morgan fingerprint density at radius 3 is 0.692 bits per heavy atom. The first-order valence-electron chi connectivity index (χ1n) is 35.0. The van der Waals surface area contributed by atoms with Gasteiger partial charge in [-0.25, -0.2) is 0 Å². The molecule has 0 aliphatic rings. The molecule has 0 N–H and O–H groups in total. The molecule has 0 amide bonds. The maximum absolute atomic E-state index is 12.9. The summed E-state index contributed by atoms with van der Waals surface area (Å²) in [6.07, 6.45) is 83.4. The van der Waals surface area contributed by atoms with Gasteiger partial charge in [-0.15, -0.1) is 0 Å². The predicted molar refractivity (Wildman–Crippen MR) is 339 cm³/mol. The Morgan fingerprint density at radius 1 is 0.244 bits per heavy atom. The lowest BCUT2D eigenvalue weighted by molar-refractivity contribution is -0.167. The monoisotopic (exact) mass is 1100 g/mol. The summed E-state index contributed by atoms with van der Waals surface area (Å²) in [6, 6.07) is 0. The number of carbonyl (C=O) groups excluding carboxylic acids is 3. The molecule has 1 unspecified atom stereocenters. The van der Waals surface area contributed by atoms with Gasteiger partial charge in [-0.2, -0.15) is 0 Å². The third kappa shape index (κ3) is 64.5. The summed E-state index contributed by atoms with van der Waals surface area (Å²) in [5.41, 5.74) is 0. The Balaban J connectivity index is 4.04. The van der Waals surface area contributed by atoms with Crippen molar-refractivity contribution in [1.82, 2.24) is 0 Å². The first-order chi connectivity index (χ1) is 38.5. The second-order valence-corrected chi connectivity index (χ2v) is 23.8. The van der Waals surface area contributed by atoms with Crippen molar-refractivity contribution >= 4 is 17.9 Å². The first-order valence-corrected chi connectivity index (χ1v) is 35.0. The molecular weight excluding hydrogens is 961 g/mol. The zero-order valence-corrected chi connectivity index (χ0v) is 52.7. The number of unbranched alkanes of at least 4 members (excludes halogenated alkanes) is 48. The SMILES string of the molecule is CCC/C=C\CCCCCCCC(=O)OCC(COC(=O)CCCCCCCCCCCCCCCCCCCCCCC/C=C\CCCCCCCCCC)OC(=O)CCCCCCCCC/C=C\CCCCCCCC. The van der Waals surface area contributed by atoms with Gasteiger partial charge in [0.2, 0.25) is 0 Å². The van der Waals surface area contributed by atoms with E-state index in [1.54, 1.807) is 0 Å². The molecular formula is C72H134O6. The van der Waals surface area contributed by atoms with Crippen molar-refractivity contribution in [2.24, 2.45) is 0 Å². The van der Waals surface area contributed by atoms with Crippen LogP contribution in [0.3, 0.4) is 0 Å². The van der Waals surface area contributed by atoms with E-state index in [2.05, 4.69) is 57.2 Å². The summed E-state index contributed by atoms with van der Waals surface area (Å²) in [5, 5.41) is 0. The van der Waals surface area contributed by atoms with Gasteiger partial charge in [0.05, 0.1) is 0 Å². The normalized spacial score (nSPS) is 12.2. The second-order valence-electron chi connectivity index (χ2n) is 23.8. The average molecular weight is 1100 g/mol. The second kappa shape index (κ2) is 67.1. The van der Waals surface area contributed by atoms with Crippen LogP contribution in [-0.4, -0.2) is 37.2 Å². The number of carbonyl (C=O) groups is 3. The van der Waals surface area contributed by atoms with E-state index < -0.39 is 6.10 Å². The molecule has 0 heterocycles. The van der Waals surface area contributed by atoms with Crippen LogP contribution in [0.2, 0.25) is 0 Å². The zero-order chi connectivity index (χ0) is 56.4. The summed E-state index contributed by atoms with van der Waals surface area (Å²) in [4.78, 5) is 38.2. The van der Waals surface area contributed by atoms with Crippen LogP contribution in [0.15, 0.2) is 36.5 Å². The van der Waals surface area contributed by atoms with Gasteiger partial charge >= 0.3 is 17.9 Å². The van der Waals surface area contributed by atoms with Gasteiger partial charge in [-0.05, 0) is 89.9 Å². The van der Waals surface area contributed by atoms with Crippen LogP contribution in [0.1, 0.15) is 387 Å².